The van der Waals surface area contributed by atoms with Crippen molar-refractivity contribution in [1.82, 2.24) is 19.8 Å². The van der Waals surface area contributed by atoms with Crippen molar-refractivity contribution in [3.8, 4) is 5.75 Å². The molecule has 0 saturated heterocycles. The number of carbonyl (C=O) groups excluding carboxylic acids is 1. The molecule has 2 N–H and O–H groups in total. The first kappa shape index (κ1) is 22.1. The Morgan fingerprint density at radius 3 is 2.21 bits per heavy atom. The third kappa shape index (κ3) is 5.41. The zero-order valence-electron chi connectivity index (χ0n) is 17.8. The minimum atomic E-state index is -0.315. The number of nitrogen functional groups attached to an aromatic ring is 1. The van der Waals surface area contributed by atoms with Crippen LogP contribution in [0, 0.1) is 13.8 Å². The fraction of sp³-hybridized carbons (Fsp3) is 0.550. The Morgan fingerprint density at radius 1 is 1.11 bits per heavy atom. The lowest BCUT2D eigenvalue weighted by atomic mass is 10.1. The summed E-state index contributed by atoms with van der Waals surface area (Å²) in [4.78, 5) is 14.7. The van der Waals surface area contributed by atoms with Crippen LogP contribution in [0.1, 0.15) is 51.6 Å². The molecule has 7 nitrogen and oxygen atoms in total. The van der Waals surface area contributed by atoms with Crippen molar-refractivity contribution in [1.29, 1.82) is 0 Å². The van der Waals surface area contributed by atoms with Crippen LogP contribution in [0.5, 0.6) is 5.75 Å². The quantitative estimate of drug-likeness (QED) is 0.536. The Bertz CT molecular complexity index is 791. The molecule has 0 bridgehead atoms. The minimum absolute atomic E-state index is 0.0611. The van der Waals surface area contributed by atoms with Crippen LogP contribution in [0.15, 0.2) is 23.4 Å². The summed E-state index contributed by atoms with van der Waals surface area (Å²) in [5, 5.41) is 8.43. The summed E-state index contributed by atoms with van der Waals surface area (Å²) < 4.78 is 7.21. The van der Waals surface area contributed by atoms with Crippen LogP contribution in [0.25, 0.3) is 0 Å². The Kier molecular flexibility index (Phi) is 7.35. The number of carbonyl (C=O) groups is 1. The van der Waals surface area contributed by atoms with Crippen molar-refractivity contribution in [2.45, 2.75) is 77.6 Å². The van der Waals surface area contributed by atoms with Crippen LogP contribution in [-0.4, -0.2) is 43.0 Å². The third-order valence-corrected chi connectivity index (χ3v) is 5.34. The average Bonchev–Trinajstić information content (AvgIpc) is 2.91. The van der Waals surface area contributed by atoms with E-state index in [0.29, 0.717) is 11.0 Å². The lowest BCUT2D eigenvalue weighted by Crippen LogP contribution is -2.45. The zero-order valence-corrected chi connectivity index (χ0v) is 18.6. The normalized spacial score (nSPS) is 12.5. The van der Waals surface area contributed by atoms with Gasteiger partial charge in [-0.1, -0.05) is 17.8 Å². The van der Waals surface area contributed by atoms with Gasteiger partial charge in [0.2, 0.25) is 11.1 Å². The van der Waals surface area contributed by atoms with Crippen molar-refractivity contribution < 1.29 is 9.53 Å². The lowest BCUT2D eigenvalue weighted by molar-refractivity contribution is -0.133. The predicted molar refractivity (Wildman–Crippen MR) is 113 cm³/mol. The molecule has 1 amide bonds. The van der Waals surface area contributed by atoms with Gasteiger partial charge in [0.05, 0.1) is 5.25 Å². The molecule has 0 aliphatic heterocycles. The van der Waals surface area contributed by atoms with Crippen LogP contribution >= 0.6 is 11.8 Å². The molecule has 28 heavy (non-hydrogen) atoms. The molecule has 154 valence electrons. The molecule has 0 radical (unpaired) electrons. The monoisotopic (exact) mass is 405 g/mol. The number of ether oxygens (including phenoxy) is 1. The maximum Gasteiger partial charge on any atom is 0.236 e. The predicted octanol–water partition coefficient (Wildman–Crippen LogP) is 3.31. The van der Waals surface area contributed by atoms with E-state index in [-0.39, 0.29) is 29.8 Å². The van der Waals surface area contributed by atoms with Gasteiger partial charge in [0.15, 0.2) is 5.82 Å². The standard InChI is InChI=1S/C20H31N5O2S/c1-12(2)24(13(3)4)19(26)16(7)28-20-23-22-18(25(20)21)11-27-17-9-14(5)8-15(6)10-17/h8-10,12-13,16H,11,21H2,1-7H3/t16-/m1/s1. The van der Waals surface area contributed by atoms with Crippen molar-refractivity contribution >= 4 is 17.7 Å². The smallest absolute Gasteiger partial charge is 0.236 e. The first-order chi connectivity index (χ1) is 13.1. The summed E-state index contributed by atoms with van der Waals surface area (Å²) in [6, 6.07) is 6.28. The van der Waals surface area contributed by atoms with Crippen LogP contribution in [0.3, 0.4) is 0 Å². The largest absolute Gasteiger partial charge is 0.486 e. The van der Waals surface area contributed by atoms with Crippen LogP contribution < -0.4 is 10.6 Å². The van der Waals surface area contributed by atoms with E-state index >= 15 is 0 Å². The van der Waals surface area contributed by atoms with Crippen LogP contribution in [0.2, 0.25) is 0 Å². The number of nitrogens with zero attached hydrogens (tertiary/aromatic N) is 4. The molecule has 1 aromatic carbocycles. The van der Waals surface area contributed by atoms with E-state index in [4.69, 9.17) is 10.6 Å². The Labute approximate surface area is 171 Å². The first-order valence-electron chi connectivity index (χ1n) is 9.49. The second kappa shape index (κ2) is 9.32. The van der Waals surface area contributed by atoms with Gasteiger partial charge in [0.25, 0.3) is 0 Å². The van der Waals surface area contributed by atoms with Gasteiger partial charge in [-0.25, -0.2) is 4.68 Å². The Balaban J connectivity index is 2.04. The molecule has 0 saturated carbocycles. The highest BCUT2D eigenvalue weighted by Crippen LogP contribution is 2.24. The first-order valence-corrected chi connectivity index (χ1v) is 10.4. The van der Waals surface area contributed by atoms with Crippen LogP contribution in [0.4, 0.5) is 0 Å². The zero-order chi connectivity index (χ0) is 21.0. The number of nitrogens with two attached hydrogens (primary N) is 1. The van der Waals surface area contributed by atoms with Gasteiger partial charge in [-0.05, 0) is 71.7 Å². The molecule has 0 aliphatic rings. The van der Waals surface area contributed by atoms with E-state index in [1.807, 2.05) is 65.5 Å². The number of thioether (sulfide) groups is 1. The molecule has 0 unspecified atom stereocenters. The molecule has 2 rings (SSSR count). The molecule has 0 spiro atoms. The number of aryl methyl sites for hydroxylation is 2. The molecular weight excluding hydrogens is 374 g/mol. The topological polar surface area (TPSA) is 86.3 Å². The fourth-order valence-corrected chi connectivity index (χ4v) is 4.02. The van der Waals surface area contributed by atoms with Gasteiger partial charge in [0.1, 0.15) is 12.4 Å². The maximum atomic E-state index is 12.8. The highest BCUT2D eigenvalue weighted by Gasteiger charge is 2.27. The van der Waals surface area contributed by atoms with Gasteiger partial charge < -0.3 is 15.5 Å². The molecule has 1 aromatic heterocycles. The second-order valence-electron chi connectivity index (χ2n) is 7.57. The van der Waals surface area contributed by atoms with Crippen molar-refractivity contribution in [2.75, 3.05) is 5.84 Å². The van der Waals surface area contributed by atoms with Gasteiger partial charge in [-0.2, -0.15) is 0 Å². The highest BCUT2D eigenvalue weighted by molar-refractivity contribution is 8.00. The van der Waals surface area contributed by atoms with E-state index in [1.54, 1.807) is 0 Å². The summed E-state index contributed by atoms with van der Waals surface area (Å²) >= 11 is 1.31. The van der Waals surface area contributed by atoms with E-state index in [1.165, 1.54) is 16.4 Å². The lowest BCUT2D eigenvalue weighted by Gasteiger charge is -2.32. The molecule has 2 aromatic rings. The van der Waals surface area contributed by atoms with E-state index < -0.39 is 0 Å². The van der Waals surface area contributed by atoms with Gasteiger partial charge in [-0.15, -0.1) is 10.2 Å². The van der Waals surface area contributed by atoms with E-state index in [9.17, 15) is 4.79 Å². The summed E-state index contributed by atoms with van der Waals surface area (Å²) in [7, 11) is 0. The van der Waals surface area contributed by atoms with Gasteiger partial charge in [-0.3, -0.25) is 4.79 Å². The second-order valence-corrected chi connectivity index (χ2v) is 8.88. The van der Waals surface area contributed by atoms with Crippen molar-refractivity contribution in [2.24, 2.45) is 0 Å². The number of hydrogen-bond donors (Lipinski definition) is 1. The average molecular weight is 406 g/mol. The molecule has 1 heterocycles. The summed E-state index contributed by atoms with van der Waals surface area (Å²) in [5.74, 6) is 7.47. The number of hydrogen-bond acceptors (Lipinski definition) is 6. The number of benzene rings is 1. The molecule has 1 atom stereocenters. The molecule has 0 fully saturated rings. The Hall–Kier alpha value is -2.22. The summed E-state index contributed by atoms with van der Waals surface area (Å²) in [6.07, 6.45) is 0. The fourth-order valence-electron chi connectivity index (χ4n) is 3.17. The summed E-state index contributed by atoms with van der Waals surface area (Å²) in [5.41, 5.74) is 2.26. The minimum Gasteiger partial charge on any atom is -0.486 e. The van der Waals surface area contributed by atoms with E-state index in [0.717, 1.165) is 16.9 Å². The number of aromatic nitrogens is 3. The number of amides is 1. The molecule has 8 heteroatoms. The SMILES string of the molecule is Cc1cc(C)cc(OCc2nnc(S[C@H](C)C(=O)N(C(C)C)C(C)C)n2N)c1. The van der Waals surface area contributed by atoms with Gasteiger partial charge in [0, 0.05) is 12.1 Å². The molecular formula is C20H31N5O2S. The van der Waals surface area contributed by atoms with Gasteiger partial charge >= 0.3 is 0 Å². The number of rotatable bonds is 8. The summed E-state index contributed by atoms with van der Waals surface area (Å²) in [6.45, 7) is 14.2. The highest BCUT2D eigenvalue weighted by atomic mass is 32.2. The maximum absolute atomic E-state index is 12.8. The van der Waals surface area contributed by atoms with Crippen molar-refractivity contribution in [3.63, 3.8) is 0 Å². The van der Waals surface area contributed by atoms with Crippen LogP contribution in [-0.2, 0) is 11.4 Å². The van der Waals surface area contributed by atoms with E-state index in [2.05, 4.69) is 16.3 Å². The Morgan fingerprint density at radius 2 is 1.68 bits per heavy atom. The molecule has 0 aliphatic carbocycles. The van der Waals surface area contributed by atoms with Crippen molar-refractivity contribution in [3.05, 3.63) is 35.2 Å². The third-order valence-electron chi connectivity index (χ3n) is 4.30.